The summed E-state index contributed by atoms with van der Waals surface area (Å²) >= 11 is 0. The first kappa shape index (κ1) is 22.4. The van der Waals surface area contributed by atoms with Gasteiger partial charge in [-0.05, 0) is 49.6 Å². The van der Waals surface area contributed by atoms with E-state index in [9.17, 15) is 0 Å². The summed E-state index contributed by atoms with van der Waals surface area (Å²) in [5.41, 5.74) is 2.24. The van der Waals surface area contributed by atoms with Gasteiger partial charge in [-0.1, -0.05) is 51.9 Å². The lowest BCUT2D eigenvalue weighted by Crippen LogP contribution is -2.06. The highest BCUT2D eigenvalue weighted by atomic mass is 16.5. The zero-order chi connectivity index (χ0) is 19.9. The van der Waals surface area contributed by atoms with Gasteiger partial charge in [0, 0.05) is 24.6 Å². The van der Waals surface area contributed by atoms with E-state index in [2.05, 4.69) is 16.9 Å². The minimum Gasteiger partial charge on any atom is -0.491 e. The van der Waals surface area contributed by atoms with Crippen molar-refractivity contribution in [3.8, 4) is 17.1 Å². The zero-order valence-electron chi connectivity index (χ0n) is 17.7. The maximum atomic E-state index is 5.64. The summed E-state index contributed by atoms with van der Waals surface area (Å²) in [6.45, 7) is 6.14. The molecular weight excluding hydrogens is 348 g/mol. The van der Waals surface area contributed by atoms with Gasteiger partial charge in [0.1, 0.15) is 12.4 Å². The minimum atomic E-state index is 0.567. The van der Waals surface area contributed by atoms with E-state index in [1.807, 2.05) is 43.6 Å². The van der Waals surface area contributed by atoms with Crippen LogP contribution in [-0.4, -0.2) is 29.8 Å². The number of benzene rings is 1. The first-order valence-electron chi connectivity index (χ1n) is 11.0. The second kappa shape index (κ2) is 14.1. The summed E-state index contributed by atoms with van der Waals surface area (Å²) < 4.78 is 10.9. The van der Waals surface area contributed by atoms with Gasteiger partial charge in [0.05, 0.1) is 6.61 Å². The van der Waals surface area contributed by atoms with Crippen molar-refractivity contribution < 1.29 is 9.47 Å². The van der Waals surface area contributed by atoms with E-state index in [-0.39, 0.29) is 0 Å². The Labute approximate surface area is 170 Å². The molecule has 1 aromatic carbocycles. The van der Waals surface area contributed by atoms with Gasteiger partial charge in [-0.3, -0.25) is 0 Å². The van der Waals surface area contributed by atoms with Crippen LogP contribution in [0, 0.1) is 0 Å². The molecule has 0 aliphatic carbocycles. The predicted octanol–water partition coefficient (Wildman–Crippen LogP) is 6.24. The standard InChI is InChI=1S/C24H36N2O2/c1-3-5-6-7-8-9-10-11-12-21-19-25-24(26-20-21)22-13-15-23(16-14-22)28-18-17-27-4-2/h13-16,19-20H,3-12,17-18H2,1-2H3. The summed E-state index contributed by atoms with van der Waals surface area (Å²) in [6, 6.07) is 7.92. The van der Waals surface area contributed by atoms with Crippen LogP contribution in [0.4, 0.5) is 0 Å². The van der Waals surface area contributed by atoms with E-state index < -0.39 is 0 Å². The number of hydrogen-bond acceptors (Lipinski definition) is 4. The topological polar surface area (TPSA) is 44.2 Å². The van der Waals surface area contributed by atoms with Crippen LogP contribution in [-0.2, 0) is 11.2 Å². The van der Waals surface area contributed by atoms with Crippen molar-refractivity contribution in [1.82, 2.24) is 9.97 Å². The Bertz CT molecular complexity index is 626. The molecule has 0 N–H and O–H groups in total. The van der Waals surface area contributed by atoms with E-state index in [1.54, 1.807) is 0 Å². The van der Waals surface area contributed by atoms with Crippen molar-refractivity contribution in [2.75, 3.05) is 19.8 Å². The third-order valence-electron chi connectivity index (χ3n) is 4.84. The van der Waals surface area contributed by atoms with Crippen molar-refractivity contribution in [3.63, 3.8) is 0 Å². The molecule has 4 nitrogen and oxygen atoms in total. The Kier molecular flexibility index (Phi) is 11.3. The molecule has 154 valence electrons. The molecule has 0 amide bonds. The first-order chi connectivity index (χ1) is 13.8. The Morgan fingerprint density at radius 3 is 2.04 bits per heavy atom. The quantitative estimate of drug-likeness (QED) is 0.341. The molecule has 1 heterocycles. The highest BCUT2D eigenvalue weighted by Crippen LogP contribution is 2.19. The SMILES string of the molecule is CCCCCCCCCCc1cnc(-c2ccc(OCCOCC)cc2)nc1. The first-order valence-corrected chi connectivity index (χ1v) is 11.0. The van der Waals surface area contributed by atoms with Crippen LogP contribution in [0.3, 0.4) is 0 Å². The van der Waals surface area contributed by atoms with E-state index in [4.69, 9.17) is 9.47 Å². The summed E-state index contributed by atoms with van der Waals surface area (Å²) in [5.74, 6) is 1.61. The van der Waals surface area contributed by atoms with E-state index >= 15 is 0 Å². The van der Waals surface area contributed by atoms with Gasteiger partial charge in [0.25, 0.3) is 0 Å². The predicted molar refractivity (Wildman–Crippen MR) is 116 cm³/mol. The summed E-state index contributed by atoms with van der Waals surface area (Å²) in [4.78, 5) is 9.08. The van der Waals surface area contributed by atoms with E-state index in [1.165, 1.54) is 56.9 Å². The largest absolute Gasteiger partial charge is 0.491 e. The van der Waals surface area contributed by atoms with Crippen LogP contribution in [0.1, 0.15) is 70.8 Å². The Morgan fingerprint density at radius 1 is 0.750 bits per heavy atom. The Morgan fingerprint density at radius 2 is 1.39 bits per heavy atom. The molecule has 0 aliphatic heterocycles. The van der Waals surface area contributed by atoms with Gasteiger partial charge in [0.2, 0.25) is 0 Å². The number of rotatable bonds is 15. The zero-order valence-corrected chi connectivity index (χ0v) is 17.7. The third-order valence-corrected chi connectivity index (χ3v) is 4.84. The molecule has 4 heteroatoms. The monoisotopic (exact) mass is 384 g/mol. The lowest BCUT2D eigenvalue weighted by atomic mass is 10.1. The van der Waals surface area contributed by atoms with Crippen molar-refractivity contribution >= 4 is 0 Å². The second-order valence-corrected chi connectivity index (χ2v) is 7.21. The van der Waals surface area contributed by atoms with Crippen LogP contribution in [0.5, 0.6) is 5.75 Å². The van der Waals surface area contributed by atoms with Gasteiger partial charge in [-0.2, -0.15) is 0 Å². The van der Waals surface area contributed by atoms with Gasteiger partial charge in [0.15, 0.2) is 5.82 Å². The summed E-state index contributed by atoms with van der Waals surface area (Å²) in [6.07, 6.45) is 15.8. The fourth-order valence-electron chi connectivity index (χ4n) is 3.16. The second-order valence-electron chi connectivity index (χ2n) is 7.21. The number of hydrogen-bond donors (Lipinski definition) is 0. The average Bonchev–Trinajstić information content (AvgIpc) is 2.74. The molecule has 0 saturated carbocycles. The average molecular weight is 385 g/mol. The summed E-state index contributed by atoms with van der Waals surface area (Å²) in [5, 5.41) is 0. The number of aryl methyl sites for hydroxylation is 1. The van der Waals surface area contributed by atoms with Gasteiger partial charge < -0.3 is 9.47 Å². The molecule has 2 rings (SSSR count). The Hall–Kier alpha value is -1.94. The van der Waals surface area contributed by atoms with Gasteiger partial charge in [-0.15, -0.1) is 0 Å². The highest BCUT2D eigenvalue weighted by Gasteiger charge is 2.03. The molecule has 1 aromatic heterocycles. The molecule has 0 saturated heterocycles. The van der Waals surface area contributed by atoms with E-state index in [0.29, 0.717) is 19.8 Å². The molecule has 0 fully saturated rings. The van der Waals surface area contributed by atoms with Crippen LogP contribution < -0.4 is 4.74 Å². The van der Waals surface area contributed by atoms with Crippen LogP contribution in [0.2, 0.25) is 0 Å². The van der Waals surface area contributed by atoms with Gasteiger partial charge in [-0.25, -0.2) is 9.97 Å². The third kappa shape index (κ3) is 8.83. The maximum absolute atomic E-state index is 5.64. The lowest BCUT2D eigenvalue weighted by molar-refractivity contribution is 0.110. The molecule has 0 aliphatic rings. The highest BCUT2D eigenvalue weighted by molar-refractivity contribution is 5.55. The van der Waals surface area contributed by atoms with Crippen molar-refractivity contribution in [1.29, 1.82) is 0 Å². The lowest BCUT2D eigenvalue weighted by Gasteiger charge is -2.07. The van der Waals surface area contributed by atoms with Crippen LogP contribution in [0.15, 0.2) is 36.7 Å². The molecule has 0 bridgehead atoms. The van der Waals surface area contributed by atoms with Crippen molar-refractivity contribution in [2.24, 2.45) is 0 Å². The fourth-order valence-corrected chi connectivity index (χ4v) is 3.16. The Balaban J connectivity index is 1.68. The number of aromatic nitrogens is 2. The van der Waals surface area contributed by atoms with Crippen LogP contribution >= 0.6 is 0 Å². The number of nitrogens with zero attached hydrogens (tertiary/aromatic N) is 2. The molecule has 28 heavy (non-hydrogen) atoms. The van der Waals surface area contributed by atoms with E-state index in [0.717, 1.165) is 23.6 Å². The van der Waals surface area contributed by atoms with Crippen LogP contribution in [0.25, 0.3) is 11.4 Å². The molecule has 0 radical (unpaired) electrons. The van der Waals surface area contributed by atoms with Gasteiger partial charge >= 0.3 is 0 Å². The molecule has 0 unspecified atom stereocenters. The van der Waals surface area contributed by atoms with Crippen molar-refractivity contribution in [3.05, 3.63) is 42.2 Å². The molecule has 2 aromatic rings. The fraction of sp³-hybridized carbons (Fsp3) is 0.583. The van der Waals surface area contributed by atoms with Crippen molar-refractivity contribution in [2.45, 2.75) is 71.6 Å². The molecule has 0 atom stereocenters. The maximum Gasteiger partial charge on any atom is 0.159 e. The minimum absolute atomic E-state index is 0.567. The normalized spacial score (nSPS) is 10.9. The number of ether oxygens (including phenoxy) is 2. The molecule has 0 spiro atoms. The number of unbranched alkanes of at least 4 members (excludes halogenated alkanes) is 7. The smallest absolute Gasteiger partial charge is 0.159 e. The molecular formula is C24H36N2O2. The summed E-state index contributed by atoms with van der Waals surface area (Å²) in [7, 11) is 0.